The van der Waals surface area contributed by atoms with Crippen molar-refractivity contribution in [2.24, 2.45) is 11.8 Å². The average molecular weight is 304 g/mol. The summed E-state index contributed by atoms with van der Waals surface area (Å²) < 4.78 is 5.45. The highest BCUT2D eigenvalue weighted by Crippen LogP contribution is 2.50. The molecule has 2 heterocycles. The number of ether oxygens (including phenoxy) is 1. The smallest absolute Gasteiger partial charge is 0.410 e. The van der Waals surface area contributed by atoms with Crippen LogP contribution in [0.5, 0.6) is 0 Å². The summed E-state index contributed by atoms with van der Waals surface area (Å²) in [7, 11) is 0. The van der Waals surface area contributed by atoms with Crippen molar-refractivity contribution in [3.05, 3.63) is 30.1 Å². The summed E-state index contributed by atoms with van der Waals surface area (Å²) in [6.07, 6.45) is 4.82. The summed E-state index contributed by atoms with van der Waals surface area (Å²) in [5.41, 5.74) is -0.516. The fraction of sp³-hybridized carbons (Fsp3) is 0.647. The predicted octanol–water partition coefficient (Wildman–Crippen LogP) is 2.55. The van der Waals surface area contributed by atoms with Gasteiger partial charge in [-0.25, -0.2) is 4.79 Å². The molecule has 2 aliphatic rings. The number of nitrogens with zero attached hydrogens (tertiary/aromatic N) is 2. The summed E-state index contributed by atoms with van der Waals surface area (Å²) in [4.78, 5) is 18.1. The number of likely N-dealkylation sites (tertiary alicyclic amines) is 1. The first-order chi connectivity index (χ1) is 10.3. The lowest BCUT2D eigenvalue weighted by atomic mass is 9.83. The Morgan fingerprint density at radius 2 is 2.23 bits per heavy atom. The van der Waals surface area contributed by atoms with Gasteiger partial charge in [-0.1, -0.05) is 6.07 Å². The Hall–Kier alpha value is -1.62. The van der Waals surface area contributed by atoms with Crippen LogP contribution in [0, 0.1) is 11.8 Å². The fourth-order valence-electron chi connectivity index (χ4n) is 3.75. The van der Waals surface area contributed by atoms with Gasteiger partial charge in [0, 0.05) is 37.0 Å². The van der Waals surface area contributed by atoms with Gasteiger partial charge in [0.2, 0.25) is 0 Å². The quantitative estimate of drug-likeness (QED) is 0.866. The van der Waals surface area contributed by atoms with Crippen LogP contribution in [0.1, 0.15) is 39.2 Å². The minimum atomic E-state index is -0.879. The number of rotatable bonds is 1. The lowest BCUT2D eigenvalue weighted by Gasteiger charge is -2.30. The van der Waals surface area contributed by atoms with Crippen LogP contribution in [0.3, 0.4) is 0 Å². The molecule has 1 unspecified atom stereocenters. The van der Waals surface area contributed by atoms with Gasteiger partial charge in [0.25, 0.3) is 0 Å². The third kappa shape index (κ3) is 2.70. The second-order valence-electron chi connectivity index (χ2n) is 7.46. The fourth-order valence-corrected chi connectivity index (χ4v) is 3.75. The number of carbonyl (C=O) groups excluding carboxylic acids is 1. The maximum absolute atomic E-state index is 12.2. The molecule has 120 valence electrons. The molecule has 1 N–H and O–H groups in total. The lowest BCUT2D eigenvalue weighted by molar-refractivity contribution is -0.0104. The first-order valence-electron chi connectivity index (χ1n) is 7.90. The van der Waals surface area contributed by atoms with E-state index in [0.717, 1.165) is 18.4 Å². The Morgan fingerprint density at radius 3 is 2.86 bits per heavy atom. The zero-order chi connectivity index (χ0) is 16.0. The van der Waals surface area contributed by atoms with Crippen LogP contribution in [-0.4, -0.2) is 39.8 Å². The average Bonchev–Trinajstić information content (AvgIpc) is 3.00. The Kier molecular flexibility index (Phi) is 3.63. The number of carbonyl (C=O) groups is 1. The summed E-state index contributed by atoms with van der Waals surface area (Å²) in [5, 5.41) is 11.1. The van der Waals surface area contributed by atoms with Crippen molar-refractivity contribution < 1.29 is 14.6 Å². The summed E-state index contributed by atoms with van der Waals surface area (Å²) in [5.74, 6) is 0.391. The Labute approximate surface area is 131 Å². The normalized spacial score (nSPS) is 31.2. The molecular weight excluding hydrogens is 280 g/mol. The molecule has 1 aromatic rings. The molecule has 0 bridgehead atoms. The number of pyridine rings is 1. The molecule has 3 rings (SSSR count). The molecule has 1 saturated heterocycles. The third-order valence-corrected chi connectivity index (χ3v) is 4.76. The maximum Gasteiger partial charge on any atom is 0.410 e. The van der Waals surface area contributed by atoms with Crippen molar-refractivity contribution in [3.63, 3.8) is 0 Å². The van der Waals surface area contributed by atoms with Gasteiger partial charge in [-0.05, 0) is 45.6 Å². The second kappa shape index (κ2) is 5.23. The number of hydrogen-bond donors (Lipinski definition) is 1. The topological polar surface area (TPSA) is 62.7 Å². The van der Waals surface area contributed by atoms with E-state index >= 15 is 0 Å². The van der Waals surface area contributed by atoms with Gasteiger partial charge in [-0.15, -0.1) is 0 Å². The van der Waals surface area contributed by atoms with E-state index in [4.69, 9.17) is 4.74 Å². The molecule has 0 spiro atoms. The summed E-state index contributed by atoms with van der Waals surface area (Å²) >= 11 is 0. The van der Waals surface area contributed by atoms with E-state index in [-0.39, 0.29) is 12.0 Å². The molecule has 1 saturated carbocycles. The van der Waals surface area contributed by atoms with Crippen molar-refractivity contribution in [3.8, 4) is 0 Å². The molecule has 22 heavy (non-hydrogen) atoms. The van der Waals surface area contributed by atoms with Crippen molar-refractivity contribution in [1.29, 1.82) is 0 Å². The van der Waals surface area contributed by atoms with Crippen LogP contribution in [0.25, 0.3) is 0 Å². The van der Waals surface area contributed by atoms with Crippen LogP contribution in [0.2, 0.25) is 0 Å². The van der Waals surface area contributed by atoms with E-state index in [9.17, 15) is 9.90 Å². The lowest BCUT2D eigenvalue weighted by Crippen LogP contribution is -2.39. The molecule has 1 aliphatic heterocycles. The van der Waals surface area contributed by atoms with E-state index in [1.54, 1.807) is 17.3 Å². The highest BCUT2D eigenvalue weighted by molar-refractivity contribution is 5.68. The van der Waals surface area contributed by atoms with Crippen molar-refractivity contribution in [2.75, 3.05) is 13.1 Å². The van der Waals surface area contributed by atoms with E-state index in [0.29, 0.717) is 19.0 Å². The molecule has 5 heteroatoms. The molecule has 2 fully saturated rings. The van der Waals surface area contributed by atoms with Crippen LogP contribution in [-0.2, 0) is 10.3 Å². The summed E-state index contributed by atoms with van der Waals surface area (Å²) in [6, 6.07) is 3.77. The Morgan fingerprint density at radius 1 is 1.45 bits per heavy atom. The monoisotopic (exact) mass is 304 g/mol. The molecule has 1 aliphatic carbocycles. The number of aliphatic hydroxyl groups is 1. The van der Waals surface area contributed by atoms with Crippen LogP contribution < -0.4 is 0 Å². The molecule has 3 atom stereocenters. The van der Waals surface area contributed by atoms with Crippen molar-refractivity contribution in [1.82, 2.24) is 9.88 Å². The van der Waals surface area contributed by atoms with Crippen LogP contribution in [0.15, 0.2) is 24.5 Å². The van der Waals surface area contributed by atoms with E-state index in [2.05, 4.69) is 4.98 Å². The highest BCUT2D eigenvalue weighted by atomic mass is 16.6. The van der Waals surface area contributed by atoms with E-state index < -0.39 is 11.2 Å². The number of hydrogen-bond acceptors (Lipinski definition) is 4. The standard InChI is InChI=1S/C17H24N2O3/c1-16(2,3)22-15(20)19-10-12-6-7-17(21,14(12)11-19)13-5-4-8-18-9-13/h4-5,8-9,12,14,21H,6-7,10-11H2,1-3H3/t12-,14+,17?/m1/s1. The van der Waals surface area contributed by atoms with Crippen molar-refractivity contribution in [2.45, 2.75) is 44.8 Å². The number of amides is 1. The van der Waals surface area contributed by atoms with Crippen LogP contribution >= 0.6 is 0 Å². The molecule has 1 amide bonds. The minimum Gasteiger partial charge on any atom is -0.444 e. The molecule has 0 radical (unpaired) electrons. The SMILES string of the molecule is CC(C)(C)OC(=O)N1C[C@H]2CCC(O)(c3cccnc3)[C@H]2C1. The third-order valence-electron chi connectivity index (χ3n) is 4.76. The van der Waals surface area contributed by atoms with Crippen LogP contribution in [0.4, 0.5) is 4.79 Å². The first kappa shape index (κ1) is 15.3. The van der Waals surface area contributed by atoms with Crippen molar-refractivity contribution >= 4 is 6.09 Å². The number of aromatic nitrogens is 1. The second-order valence-corrected chi connectivity index (χ2v) is 7.46. The van der Waals surface area contributed by atoms with Gasteiger partial charge in [-0.3, -0.25) is 4.98 Å². The molecule has 0 aromatic carbocycles. The number of fused-ring (bicyclic) bond motifs is 1. The van der Waals surface area contributed by atoms with E-state index in [1.807, 2.05) is 32.9 Å². The van der Waals surface area contributed by atoms with E-state index in [1.165, 1.54) is 0 Å². The zero-order valence-electron chi connectivity index (χ0n) is 13.5. The zero-order valence-corrected chi connectivity index (χ0v) is 13.5. The predicted molar refractivity (Wildman–Crippen MR) is 82.2 cm³/mol. The Bertz CT molecular complexity index is 555. The molecule has 5 nitrogen and oxygen atoms in total. The van der Waals surface area contributed by atoms with Gasteiger partial charge in [0.05, 0.1) is 5.60 Å². The highest BCUT2D eigenvalue weighted by Gasteiger charge is 2.53. The van der Waals surface area contributed by atoms with Gasteiger partial charge in [0.1, 0.15) is 5.60 Å². The first-order valence-corrected chi connectivity index (χ1v) is 7.90. The van der Waals surface area contributed by atoms with Gasteiger partial charge >= 0.3 is 6.09 Å². The minimum absolute atomic E-state index is 0.0595. The molecular formula is C17H24N2O3. The Balaban J connectivity index is 1.75. The largest absolute Gasteiger partial charge is 0.444 e. The van der Waals surface area contributed by atoms with Gasteiger partial charge < -0.3 is 14.7 Å². The maximum atomic E-state index is 12.2. The molecule has 1 aromatic heterocycles. The van der Waals surface area contributed by atoms with Gasteiger partial charge in [0.15, 0.2) is 0 Å². The van der Waals surface area contributed by atoms with Gasteiger partial charge in [-0.2, -0.15) is 0 Å². The summed E-state index contributed by atoms with van der Waals surface area (Å²) in [6.45, 7) is 6.82.